The average molecular weight is 287 g/mol. The molecule has 0 saturated heterocycles. The molecule has 0 atom stereocenters. The largest absolute Gasteiger partial charge is 0.423 e. The first-order chi connectivity index (χ1) is 9.88. The molecule has 4 nitrogen and oxygen atoms in total. The van der Waals surface area contributed by atoms with Gasteiger partial charge in [0.1, 0.15) is 5.58 Å². The summed E-state index contributed by atoms with van der Waals surface area (Å²) in [7, 11) is 0. The van der Waals surface area contributed by atoms with Crippen LogP contribution >= 0.6 is 0 Å². The fraction of sp³-hybridized carbons (Fsp3) is 0.412. The van der Waals surface area contributed by atoms with Gasteiger partial charge in [-0.25, -0.2) is 4.79 Å². The zero-order valence-electron chi connectivity index (χ0n) is 12.9. The lowest BCUT2D eigenvalue weighted by atomic mass is 9.99. The molecular formula is C17H21NO3. The van der Waals surface area contributed by atoms with E-state index in [0.717, 1.165) is 10.9 Å². The fourth-order valence-electron chi connectivity index (χ4n) is 2.14. The minimum absolute atomic E-state index is 0.0311. The van der Waals surface area contributed by atoms with Crippen LogP contribution in [-0.4, -0.2) is 5.91 Å². The van der Waals surface area contributed by atoms with E-state index in [0.29, 0.717) is 18.0 Å². The van der Waals surface area contributed by atoms with Gasteiger partial charge >= 0.3 is 5.63 Å². The van der Waals surface area contributed by atoms with Gasteiger partial charge in [0.05, 0.1) is 0 Å². The van der Waals surface area contributed by atoms with Crippen LogP contribution in [0, 0.1) is 5.92 Å². The fourth-order valence-corrected chi connectivity index (χ4v) is 2.14. The molecule has 0 radical (unpaired) electrons. The highest BCUT2D eigenvalue weighted by atomic mass is 16.4. The number of fused-ring (bicyclic) bond motifs is 1. The normalized spacial score (nSPS) is 11.3. The Kier molecular flexibility index (Phi) is 4.46. The van der Waals surface area contributed by atoms with E-state index in [1.54, 1.807) is 0 Å². The quantitative estimate of drug-likeness (QED) is 0.879. The zero-order chi connectivity index (χ0) is 15.6. The molecule has 0 aliphatic heterocycles. The Morgan fingerprint density at radius 2 is 1.90 bits per heavy atom. The Bertz CT molecular complexity index is 714. The van der Waals surface area contributed by atoms with Crippen molar-refractivity contribution in [3.05, 3.63) is 45.8 Å². The maximum Gasteiger partial charge on any atom is 0.336 e. The van der Waals surface area contributed by atoms with Gasteiger partial charge in [-0.1, -0.05) is 33.8 Å². The van der Waals surface area contributed by atoms with Crippen molar-refractivity contribution in [2.24, 2.45) is 5.92 Å². The molecule has 0 aliphatic rings. The summed E-state index contributed by atoms with van der Waals surface area (Å²) in [6.07, 6.45) is 0. The van der Waals surface area contributed by atoms with E-state index >= 15 is 0 Å². The van der Waals surface area contributed by atoms with Crippen LogP contribution in [0.1, 0.15) is 44.7 Å². The number of amides is 1. The third-order valence-electron chi connectivity index (χ3n) is 3.50. The molecule has 1 aromatic carbocycles. The highest BCUT2D eigenvalue weighted by Crippen LogP contribution is 2.23. The summed E-state index contributed by atoms with van der Waals surface area (Å²) in [6.45, 7) is 8.23. The van der Waals surface area contributed by atoms with Gasteiger partial charge in [0, 0.05) is 23.9 Å². The van der Waals surface area contributed by atoms with Gasteiger partial charge < -0.3 is 9.73 Å². The average Bonchev–Trinajstić information content (AvgIpc) is 2.43. The lowest BCUT2D eigenvalue weighted by Crippen LogP contribution is -2.27. The number of nitrogens with one attached hydrogen (secondary N) is 1. The lowest BCUT2D eigenvalue weighted by molar-refractivity contribution is -0.124. The zero-order valence-corrected chi connectivity index (χ0v) is 12.9. The molecule has 2 rings (SSSR count). The molecule has 0 fully saturated rings. The van der Waals surface area contributed by atoms with E-state index in [2.05, 4.69) is 19.2 Å². The van der Waals surface area contributed by atoms with Crippen LogP contribution in [0.3, 0.4) is 0 Å². The SMILES string of the molecule is CC(C)C(=O)NCc1cc(=O)oc2ccc(C(C)C)cc12. The van der Waals surface area contributed by atoms with E-state index in [4.69, 9.17) is 4.42 Å². The molecule has 0 spiro atoms. The smallest absolute Gasteiger partial charge is 0.336 e. The van der Waals surface area contributed by atoms with Crippen LogP contribution in [0.4, 0.5) is 0 Å². The molecule has 112 valence electrons. The van der Waals surface area contributed by atoms with Gasteiger partial charge in [0.2, 0.25) is 5.91 Å². The van der Waals surface area contributed by atoms with Gasteiger partial charge in [0.15, 0.2) is 0 Å². The molecule has 1 amide bonds. The lowest BCUT2D eigenvalue weighted by Gasteiger charge is -2.11. The summed E-state index contributed by atoms with van der Waals surface area (Å²) in [5, 5.41) is 3.73. The third-order valence-corrected chi connectivity index (χ3v) is 3.50. The minimum atomic E-state index is -0.395. The predicted molar refractivity (Wildman–Crippen MR) is 83.3 cm³/mol. The van der Waals surface area contributed by atoms with Gasteiger partial charge in [0.25, 0.3) is 0 Å². The van der Waals surface area contributed by atoms with Crippen molar-refractivity contribution >= 4 is 16.9 Å². The van der Waals surface area contributed by atoms with Gasteiger partial charge in [-0.3, -0.25) is 4.79 Å². The second-order valence-corrected chi connectivity index (χ2v) is 5.87. The Balaban J connectivity index is 2.43. The van der Waals surface area contributed by atoms with Crippen molar-refractivity contribution in [1.29, 1.82) is 0 Å². The summed E-state index contributed by atoms with van der Waals surface area (Å²) < 4.78 is 5.22. The number of hydrogen-bond donors (Lipinski definition) is 1. The van der Waals surface area contributed by atoms with Crippen LogP contribution in [-0.2, 0) is 11.3 Å². The van der Waals surface area contributed by atoms with E-state index in [9.17, 15) is 9.59 Å². The number of carbonyl (C=O) groups is 1. The molecule has 0 unspecified atom stereocenters. The Labute approximate surface area is 124 Å². The van der Waals surface area contributed by atoms with Crippen molar-refractivity contribution in [3.63, 3.8) is 0 Å². The van der Waals surface area contributed by atoms with Crippen LogP contribution in [0.25, 0.3) is 11.0 Å². The Morgan fingerprint density at radius 1 is 1.19 bits per heavy atom. The second-order valence-electron chi connectivity index (χ2n) is 5.87. The summed E-state index contributed by atoms with van der Waals surface area (Å²) >= 11 is 0. The number of carbonyl (C=O) groups excluding carboxylic acids is 1. The van der Waals surface area contributed by atoms with E-state index < -0.39 is 5.63 Å². The third kappa shape index (κ3) is 3.51. The molecule has 4 heteroatoms. The number of benzene rings is 1. The second kappa shape index (κ2) is 6.12. The van der Waals surface area contributed by atoms with Crippen LogP contribution < -0.4 is 10.9 Å². The predicted octanol–water partition coefficient (Wildman–Crippen LogP) is 3.19. The minimum Gasteiger partial charge on any atom is -0.423 e. The molecule has 0 bridgehead atoms. The first-order valence-electron chi connectivity index (χ1n) is 7.23. The standard InChI is InChI=1S/C17H21NO3/c1-10(2)12-5-6-15-14(7-12)13(8-16(19)21-15)9-18-17(20)11(3)4/h5-8,10-11H,9H2,1-4H3,(H,18,20). The first-order valence-corrected chi connectivity index (χ1v) is 7.23. The van der Waals surface area contributed by atoms with Crippen molar-refractivity contribution in [2.45, 2.75) is 40.2 Å². The Hall–Kier alpha value is -2.10. The van der Waals surface area contributed by atoms with Crippen molar-refractivity contribution in [1.82, 2.24) is 5.32 Å². The summed E-state index contributed by atoms with van der Waals surface area (Å²) in [6, 6.07) is 7.26. The van der Waals surface area contributed by atoms with E-state index in [1.165, 1.54) is 11.6 Å². The molecular weight excluding hydrogens is 266 g/mol. The van der Waals surface area contributed by atoms with Crippen LogP contribution in [0.2, 0.25) is 0 Å². The number of hydrogen-bond acceptors (Lipinski definition) is 3. The first kappa shape index (κ1) is 15.3. The molecule has 1 heterocycles. The molecule has 0 aliphatic carbocycles. The van der Waals surface area contributed by atoms with Crippen LogP contribution in [0.5, 0.6) is 0 Å². The Morgan fingerprint density at radius 3 is 2.52 bits per heavy atom. The maximum atomic E-state index is 11.7. The molecule has 1 aromatic heterocycles. The van der Waals surface area contributed by atoms with E-state index in [1.807, 2.05) is 32.0 Å². The monoisotopic (exact) mass is 287 g/mol. The maximum absolute atomic E-state index is 11.7. The van der Waals surface area contributed by atoms with Gasteiger partial charge in [-0.05, 0) is 29.2 Å². The van der Waals surface area contributed by atoms with Gasteiger partial charge in [-0.15, -0.1) is 0 Å². The highest BCUT2D eigenvalue weighted by molar-refractivity contribution is 5.82. The van der Waals surface area contributed by atoms with Crippen molar-refractivity contribution < 1.29 is 9.21 Å². The summed E-state index contributed by atoms with van der Waals surface area (Å²) in [5.74, 6) is 0.276. The summed E-state index contributed by atoms with van der Waals surface area (Å²) in [5.41, 5.74) is 2.12. The van der Waals surface area contributed by atoms with E-state index in [-0.39, 0.29) is 11.8 Å². The number of rotatable bonds is 4. The summed E-state index contributed by atoms with van der Waals surface area (Å²) in [4.78, 5) is 23.3. The van der Waals surface area contributed by atoms with Crippen molar-refractivity contribution in [2.75, 3.05) is 0 Å². The van der Waals surface area contributed by atoms with Crippen molar-refractivity contribution in [3.8, 4) is 0 Å². The molecule has 1 N–H and O–H groups in total. The highest BCUT2D eigenvalue weighted by Gasteiger charge is 2.11. The molecule has 0 saturated carbocycles. The molecule has 2 aromatic rings. The van der Waals surface area contributed by atoms with Gasteiger partial charge in [-0.2, -0.15) is 0 Å². The van der Waals surface area contributed by atoms with Crippen LogP contribution in [0.15, 0.2) is 33.5 Å². The topological polar surface area (TPSA) is 59.3 Å². The molecule has 21 heavy (non-hydrogen) atoms.